The Labute approximate surface area is 199 Å². The van der Waals surface area contributed by atoms with E-state index >= 15 is 0 Å². The number of aromatic nitrogens is 2. The summed E-state index contributed by atoms with van der Waals surface area (Å²) in [5.41, 5.74) is 2.55. The molecule has 1 fully saturated rings. The molecule has 1 unspecified atom stereocenters. The van der Waals surface area contributed by atoms with E-state index in [1.54, 1.807) is 30.5 Å². The van der Waals surface area contributed by atoms with Crippen molar-refractivity contribution in [1.82, 2.24) is 20.2 Å². The second kappa shape index (κ2) is 9.85. The smallest absolute Gasteiger partial charge is 0.268 e. The summed E-state index contributed by atoms with van der Waals surface area (Å²) in [5.74, 6) is -3.92. The molecule has 2 amide bonds. The molecule has 3 aromatic rings. The molecular weight excluding hydrogens is 456 g/mol. The molecule has 1 aliphatic heterocycles. The fraction of sp³-hybridized carbons (Fsp3) is 0.240. The van der Waals surface area contributed by atoms with E-state index in [9.17, 15) is 18.4 Å². The van der Waals surface area contributed by atoms with Crippen LogP contribution >= 0.6 is 0 Å². The summed E-state index contributed by atoms with van der Waals surface area (Å²) < 4.78 is 32.4. The lowest BCUT2D eigenvalue weighted by Gasteiger charge is -2.19. The first kappa shape index (κ1) is 23.8. The molecule has 35 heavy (non-hydrogen) atoms. The van der Waals surface area contributed by atoms with Gasteiger partial charge in [-0.15, -0.1) is 0 Å². The van der Waals surface area contributed by atoms with Crippen LogP contribution in [0.3, 0.4) is 0 Å². The largest absolute Gasteiger partial charge is 0.481 e. The molecule has 1 aliphatic rings. The number of nitrogens with one attached hydrogen (secondary N) is 1. The topological polar surface area (TPSA) is 108 Å². The quantitative estimate of drug-likeness (QED) is 0.584. The molecule has 0 bridgehead atoms. The maximum Gasteiger partial charge on any atom is 0.268 e. The minimum absolute atomic E-state index is 0.284. The first-order chi connectivity index (χ1) is 16.8. The van der Waals surface area contributed by atoms with Crippen LogP contribution in [0, 0.1) is 11.3 Å². The van der Waals surface area contributed by atoms with E-state index in [0.717, 1.165) is 16.0 Å². The Kier molecular flexibility index (Phi) is 6.68. The van der Waals surface area contributed by atoms with Crippen molar-refractivity contribution >= 4 is 34.9 Å². The Morgan fingerprint density at radius 2 is 1.94 bits per heavy atom. The normalized spacial score (nSPS) is 16.9. The zero-order valence-electron chi connectivity index (χ0n) is 18.7. The van der Waals surface area contributed by atoms with Gasteiger partial charge in [0.2, 0.25) is 11.8 Å². The first-order valence-corrected chi connectivity index (χ1v) is 10.7. The SMILES string of the molecule is COc1cc(C=Cc2ccc3nccc(C(=O)NCC(=O)N4CC(F)(F)CC4C#N)c3c2)ccn1. The van der Waals surface area contributed by atoms with Crippen molar-refractivity contribution in [2.24, 2.45) is 0 Å². The van der Waals surface area contributed by atoms with E-state index in [4.69, 9.17) is 10.00 Å². The third-order valence-corrected chi connectivity index (χ3v) is 5.59. The number of carbonyl (C=O) groups is 2. The molecule has 178 valence electrons. The van der Waals surface area contributed by atoms with Crippen molar-refractivity contribution in [3.63, 3.8) is 0 Å². The van der Waals surface area contributed by atoms with Gasteiger partial charge in [-0.2, -0.15) is 5.26 Å². The average molecular weight is 477 g/mol. The fourth-order valence-electron chi connectivity index (χ4n) is 3.85. The van der Waals surface area contributed by atoms with Gasteiger partial charge in [0.15, 0.2) is 0 Å². The molecule has 3 heterocycles. The van der Waals surface area contributed by atoms with Crippen molar-refractivity contribution < 1.29 is 23.1 Å². The molecule has 0 aliphatic carbocycles. The Balaban J connectivity index is 1.50. The Bertz CT molecular complexity index is 1350. The number of hydrogen-bond donors (Lipinski definition) is 1. The Morgan fingerprint density at radius 3 is 2.69 bits per heavy atom. The van der Waals surface area contributed by atoms with Crippen LogP contribution in [-0.4, -0.2) is 58.8 Å². The van der Waals surface area contributed by atoms with E-state index < -0.39 is 43.3 Å². The lowest BCUT2D eigenvalue weighted by Crippen LogP contribution is -2.43. The monoisotopic (exact) mass is 477 g/mol. The summed E-state index contributed by atoms with van der Waals surface area (Å²) in [6, 6.07) is 11.0. The Morgan fingerprint density at radius 1 is 1.20 bits per heavy atom. The average Bonchev–Trinajstić information content (AvgIpc) is 3.20. The van der Waals surface area contributed by atoms with Gasteiger partial charge in [0, 0.05) is 30.3 Å². The maximum absolute atomic E-state index is 13.6. The highest BCUT2D eigenvalue weighted by Gasteiger charge is 2.47. The highest BCUT2D eigenvalue weighted by atomic mass is 19.3. The van der Waals surface area contributed by atoms with E-state index in [2.05, 4.69) is 15.3 Å². The van der Waals surface area contributed by atoms with Crippen LogP contribution in [0.2, 0.25) is 0 Å². The van der Waals surface area contributed by atoms with Gasteiger partial charge in [-0.25, -0.2) is 13.8 Å². The molecule has 0 saturated carbocycles. The number of nitriles is 1. The molecule has 2 aromatic heterocycles. The van der Waals surface area contributed by atoms with Gasteiger partial charge in [-0.3, -0.25) is 14.6 Å². The summed E-state index contributed by atoms with van der Waals surface area (Å²) in [7, 11) is 1.54. The second-order valence-electron chi connectivity index (χ2n) is 8.01. The molecule has 10 heteroatoms. The molecule has 1 saturated heterocycles. The lowest BCUT2D eigenvalue weighted by molar-refractivity contribution is -0.131. The van der Waals surface area contributed by atoms with E-state index in [1.807, 2.05) is 24.3 Å². The number of likely N-dealkylation sites (tertiary alicyclic amines) is 1. The van der Waals surface area contributed by atoms with Crippen molar-refractivity contribution in [2.45, 2.75) is 18.4 Å². The second-order valence-corrected chi connectivity index (χ2v) is 8.01. The number of rotatable bonds is 6. The van der Waals surface area contributed by atoms with Gasteiger partial charge in [-0.1, -0.05) is 18.2 Å². The summed E-state index contributed by atoms with van der Waals surface area (Å²) in [5, 5.41) is 12.1. The number of nitrogens with zero attached hydrogens (tertiary/aromatic N) is 4. The molecule has 0 radical (unpaired) electrons. The number of pyridine rings is 2. The van der Waals surface area contributed by atoms with Crippen LogP contribution in [0.4, 0.5) is 8.78 Å². The molecule has 4 rings (SSSR count). The summed E-state index contributed by atoms with van der Waals surface area (Å²) in [4.78, 5) is 34.4. The number of fused-ring (bicyclic) bond motifs is 1. The molecule has 8 nitrogen and oxygen atoms in total. The van der Waals surface area contributed by atoms with E-state index in [0.29, 0.717) is 16.8 Å². The Hall–Kier alpha value is -4.39. The number of carbonyl (C=O) groups excluding carboxylic acids is 2. The van der Waals surface area contributed by atoms with E-state index in [1.165, 1.54) is 19.4 Å². The predicted octanol–water partition coefficient (Wildman–Crippen LogP) is 3.30. The fourth-order valence-corrected chi connectivity index (χ4v) is 3.85. The van der Waals surface area contributed by atoms with Crippen LogP contribution in [0.25, 0.3) is 23.1 Å². The van der Waals surface area contributed by atoms with E-state index in [-0.39, 0.29) is 5.56 Å². The van der Waals surface area contributed by atoms with Gasteiger partial charge in [0.25, 0.3) is 11.8 Å². The van der Waals surface area contributed by atoms with Crippen LogP contribution in [0.15, 0.2) is 48.8 Å². The van der Waals surface area contributed by atoms with Gasteiger partial charge in [0.1, 0.15) is 6.04 Å². The lowest BCUT2D eigenvalue weighted by atomic mass is 10.0. The van der Waals surface area contributed by atoms with Crippen molar-refractivity contribution in [1.29, 1.82) is 5.26 Å². The third-order valence-electron chi connectivity index (χ3n) is 5.59. The first-order valence-electron chi connectivity index (χ1n) is 10.7. The number of hydrogen-bond acceptors (Lipinski definition) is 6. The van der Waals surface area contributed by atoms with Crippen molar-refractivity contribution in [3.05, 3.63) is 65.5 Å². The minimum atomic E-state index is -3.12. The number of halogens is 2. The highest BCUT2D eigenvalue weighted by Crippen LogP contribution is 2.31. The van der Waals surface area contributed by atoms with Crippen LogP contribution in [0.1, 0.15) is 27.9 Å². The zero-order valence-corrected chi connectivity index (χ0v) is 18.7. The van der Waals surface area contributed by atoms with Gasteiger partial charge in [-0.05, 0) is 35.4 Å². The molecule has 1 aromatic carbocycles. The van der Waals surface area contributed by atoms with Crippen LogP contribution in [-0.2, 0) is 4.79 Å². The van der Waals surface area contributed by atoms with Crippen LogP contribution in [0.5, 0.6) is 5.88 Å². The predicted molar refractivity (Wildman–Crippen MR) is 124 cm³/mol. The summed E-state index contributed by atoms with van der Waals surface area (Å²) >= 11 is 0. The van der Waals surface area contributed by atoms with Crippen molar-refractivity contribution in [3.8, 4) is 11.9 Å². The number of amides is 2. The number of methoxy groups -OCH3 is 1. The maximum atomic E-state index is 13.6. The van der Waals surface area contributed by atoms with Crippen molar-refractivity contribution in [2.75, 3.05) is 20.2 Å². The molecular formula is C25H21F2N5O3. The molecule has 0 spiro atoms. The molecule has 1 atom stereocenters. The van der Waals surface area contributed by atoms with Gasteiger partial charge in [0.05, 0.1) is 37.3 Å². The number of benzene rings is 1. The van der Waals surface area contributed by atoms with Gasteiger partial charge >= 0.3 is 0 Å². The highest BCUT2D eigenvalue weighted by molar-refractivity contribution is 6.07. The number of ether oxygens (including phenoxy) is 1. The number of alkyl halides is 2. The molecule has 1 N–H and O–H groups in total. The van der Waals surface area contributed by atoms with Gasteiger partial charge < -0.3 is 15.0 Å². The standard InChI is InChI=1S/C25H21F2N5O3/c1-35-22-11-17(6-8-30-22)3-2-16-4-5-21-20(10-16)19(7-9-29-21)24(34)31-14-23(33)32-15-25(26,27)12-18(32)13-28/h2-11,18H,12,14-15H2,1H3,(H,31,34). The summed E-state index contributed by atoms with van der Waals surface area (Å²) in [6.07, 6.45) is 6.14. The minimum Gasteiger partial charge on any atom is -0.481 e. The van der Waals surface area contributed by atoms with Crippen LogP contribution < -0.4 is 10.1 Å². The summed E-state index contributed by atoms with van der Waals surface area (Å²) in [6.45, 7) is -1.34. The third kappa shape index (κ3) is 5.41. The zero-order chi connectivity index (χ0) is 25.0.